The summed E-state index contributed by atoms with van der Waals surface area (Å²) in [6, 6.07) is 0. The number of ether oxygens (including phenoxy) is 1. The van der Waals surface area contributed by atoms with Crippen LogP contribution < -0.4 is 10.3 Å². The van der Waals surface area contributed by atoms with Gasteiger partial charge in [-0.2, -0.15) is 0 Å². The lowest BCUT2D eigenvalue weighted by molar-refractivity contribution is 0.00578. The third-order valence-corrected chi connectivity index (χ3v) is 3.22. The van der Waals surface area contributed by atoms with Crippen molar-refractivity contribution in [2.75, 3.05) is 6.56 Å². The zero-order chi connectivity index (χ0) is 21.9. The lowest BCUT2D eigenvalue weighted by Gasteiger charge is -2.32. The van der Waals surface area contributed by atoms with Crippen LogP contribution in [-0.2, 0) is 9.31 Å². The maximum atomic E-state index is 7.99. The summed E-state index contributed by atoms with van der Waals surface area (Å²) < 4.78 is 84.0. The summed E-state index contributed by atoms with van der Waals surface area (Å²) in [4.78, 5) is 7.46. The molecule has 19 heavy (non-hydrogen) atoms. The molecule has 0 amide bonds. The largest absolute Gasteiger partial charge is 0.516 e. The lowest BCUT2D eigenvalue weighted by Crippen LogP contribution is -2.41. The van der Waals surface area contributed by atoms with E-state index in [1.54, 1.807) is 27.7 Å². The van der Waals surface area contributed by atoms with Gasteiger partial charge in [-0.3, -0.25) is 4.98 Å². The topological polar surface area (TPSA) is 53.5 Å². The van der Waals surface area contributed by atoms with Crippen LogP contribution in [0.5, 0.6) is 5.88 Å². The molecule has 0 saturated carbocycles. The maximum absolute atomic E-state index is 7.99. The van der Waals surface area contributed by atoms with E-state index in [0.717, 1.165) is 0 Å². The molecule has 0 radical (unpaired) electrons. The fourth-order valence-corrected chi connectivity index (χ4v) is 1.45. The maximum Gasteiger partial charge on any atom is 0.516 e. The Labute approximate surface area is 127 Å². The molecular formula is C13H21BN2O3. The minimum atomic E-state index is -3.40. The Bertz CT molecular complexity index is 754. The van der Waals surface area contributed by atoms with Crippen LogP contribution in [0.2, 0.25) is 0 Å². The molecule has 1 aliphatic heterocycles. The highest BCUT2D eigenvalue weighted by atomic mass is 16.7. The second-order valence-electron chi connectivity index (χ2n) is 5.05. The van der Waals surface area contributed by atoms with E-state index in [4.69, 9.17) is 26.4 Å². The molecule has 1 aromatic heterocycles. The van der Waals surface area contributed by atoms with Gasteiger partial charge >= 0.3 is 7.12 Å². The summed E-state index contributed by atoms with van der Waals surface area (Å²) in [5, 5.41) is 0. The number of hydrogen-bond acceptors (Lipinski definition) is 5. The van der Waals surface area contributed by atoms with Crippen molar-refractivity contribution >= 4 is 12.7 Å². The predicted octanol–water partition coefficient (Wildman–Crippen LogP) is 1.56. The van der Waals surface area contributed by atoms with Crippen LogP contribution in [0.4, 0.5) is 0 Å². The first kappa shape index (κ1) is 6.54. The van der Waals surface area contributed by atoms with E-state index in [9.17, 15) is 0 Å². The number of nitrogens with zero attached hydrogens (tertiary/aromatic N) is 2. The van der Waals surface area contributed by atoms with Gasteiger partial charge in [-0.15, -0.1) is 0 Å². The van der Waals surface area contributed by atoms with Gasteiger partial charge in [0.25, 0.3) is 0 Å². The Morgan fingerprint density at radius 1 is 1.32 bits per heavy atom. The minimum absolute atomic E-state index is 0.129. The molecule has 6 heteroatoms. The molecule has 5 nitrogen and oxygen atoms in total. The van der Waals surface area contributed by atoms with Crippen molar-refractivity contribution in [1.29, 1.82) is 0 Å². The van der Waals surface area contributed by atoms with E-state index in [0.29, 0.717) is 0 Å². The fourth-order valence-electron chi connectivity index (χ4n) is 1.45. The number of rotatable bonds is 4. The average Bonchev–Trinajstić information content (AvgIpc) is 2.69. The van der Waals surface area contributed by atoms with Crippen LogP contribution in [0.25, 0.3) is 0 Å². The molecule has 0 unspecified atom stereocenters. The van der Waals surface area contributed by atoms with Crippen molar-refractivity contribution in [3.63, 3.8) is 0 Å². The van der Waals surface area contributed by atoms with Crippen molar-refractivity contribution < 1.29 is 26.4 Å². The molecule has 0 aliphatic carbocycles. The number of aromatic nitrogens is 2. The standard InChI is InChI=1S/C13H21BN2O3/c1-6-7-17-11-9-15-10(8-16-11)14-18-12(2,3)13(4,5)19-14/h8-9H,6-7H2,1-5H3/i1D3,6D2,7D2,8D,9D. The highest BCUT2D eigenvalue weighted by Crippen LogP contribution is 2.36. The van der Waals surface area contributed by atoms with Gasteiger partial charge in [0, 0.05) is 13.0 Å². The van der Waals surface area contributed by atoms with Crippen molar-refractivity contribution in [3.05, 3.63) is 12.3 Å². The highest BCUT2D eigenvalue weighted by molar-refractivity contribution is 6.61. The van der Waals surface area contributed by atoms with Gasteiger partial charge in [0.15, 0.2) is 0 Å². The molecule has 0 N–H and O–H groups in total. The van der Waals surface area contributed by atoms with Gasteiger partial charge in [-0.05, 0) is 34.1 Å². The second-order valence-corrected chi connectivity index (χ2v) is 5.05. The highest BCUT2D eigenvalue weighted by Gasteiger charge is 2.52. The van der Waals surface area contributed by atoms with Crippen LogP contribution in [0, 0.1) is 0 Å². The summed E-state index contributed by atoms with van der Waals surface area (Å²) in [5.41, 5.74) is -1.58. The first-order chi connectivity index (χ1) is 12.3. The second kappa shape index (κ2) is 5.09. The van der Waals surface area contributed by atoms with Crippen LogP contribution in [0.15, 0.2) is 12.3 Å². The molecule has 0 aromatic carbocycles. The molecular weight excluding hydrogens is 243 g/mol. The third-order valence-electron chi connectivity index (χ3n) is 3.22. The monoisotopic (exact) mass is 273 g/mol. The van der Waals surface area contributed by atoms with Crippen molar-refractivity contribution in [3.8, 4) is 5.88 Å². The van der Waals surface area contributed by atoms with E-state index in [1.807, 2.05) is 0 Å². The molecule has 0 bridgehead atoms. The Kier molecular flexibility index (Phi) is 1.75. The average molecular weight is 273 g/mol. The Morgan fingerprint density at radius 2 is 2.00 bits per heavy atom. The Balaban J connectivity index is 2.35. The Hall–Kier alpha value is -1.14. The van der Waals surface area contributed by atoms with E-state index in [2.05, 4.69) is 9.97 Å². The zero-order valence-electron chi connectivity index (χ0n) is 20.2. The lowest BCUT2D eigenvalue weighted by atomic mass is 9.85. The summed E-state index contributed by atoms with van der Waals surface area (Å²) in [6.45, 7) is 0.450. The zero-order valence-corrected chi connectivity index (χ0v) is 11.2. The van der Waals surface area contributed by atoms with Crippen LogP contribution in [0.1, 0.15) is 53.3 Å². The molecule has 1 aromatic rings. The van der Waals surface area contributed by atoms with Crippen molar-refractivity contribution in [2.24, 2.45) is 0 Å². The summed E-state index contributed by atoms with van der Waals surface area (Å²) in [7, 11) is -1.09. The molecule has 1 saturated heterocycles. The predicted molar refractivity (Wildman–Crippen MR) is 73.5 cm³/mol. The summed E-state index contributed by atoms with van der Waals surface area (Å²) in [5.74, 6) is -0.816. The fraction of sp³-hybridized carbons (Fsp3) is 0.692. The minimum Gasteiger partial charge on any atom is -0.477 e. The normalized spacial score (nSPS) is 29.7. The number of hydrogen-bond donors (Lipinski definition) is 0. The molecule has 104 valence electrons. The van der Waals surface area contributed by atoms with E-state index in [1.165, 1.54) is 0 Å². The van der Waals surface area contributed by atoms with Gasteiger partial charge < -0.3 is 14.0 Å². The molecule has 1 fully saturated rings. The van der Waals surface area contributed by atoms with E-state index < -0.39 is 56.3 Å². The van der Waals surface area contributed by atoms with Gasteiger partial charge in [-0.1, -0.05) is 6.85 Å². The van der Waals surface area contributed by atoms with Gasteiger partial charge in [0.2, 0.25) is 5.88 Å². The van der Waals surface area contributed by atoms with Crippen LogP contribution >= 0.6 is 0 Å². The Morgan fingerprint density at radius 3 is 2.63 bits per heavy atom. The first-order valence-corrected chi connectivity index (χ1v) is 5.72. The van der Waals surface area contributed by atoms with Gasteiger partial charge in [0.1, 0.15) is 0 Å². The molecule has 2 rings (SSSR count). The quantitative estimate of drug-likeness (QED) is 0.779. The molecule has 1 aliphatic rings. The smallest absolute Gasteiger partial charge is 0.477 e. The summed E-state index contributed by atoms with van der Waals surface area (Å²) in [6.07, 6.45) is -4.65. The van der Waals surface area contributed by atoms with E-state index in [-0.39, 0.29) is 5.59 Å². The van der Waals surface area contributed by atoms with Crippen molar-refractivity contribution in [2.45, 2.75) is 52.1 Å². The third kappa shape index (κ3) is 2.90. The van der Waals surface area contributed by atoms with Gasteiger partial charge in [-0.25, -0.2) is 4.98 Å². The molecule has 0 atom stereocenters. The SMILES string of the molecule is [2H]c1nc(B2OC(C)(C)C(C)(C)O2)c([2H])nc1OC([2H])([2H])C([2H])([2H])C([2H])([2H])[2H]. The van der Waals surface area contributed by atoms with Crippen LogP contribution in [-0.4, -0.2) is 34.8 Å². The molecule has 2 heterocycles. The van der Waals surface area contributed by atoms with Crippen LogP contribution in [0.3, 0.4) is 0 Å². The molecule has 0 spiro atoms. The van der Waals surface area contributed by atoms with Gasteiger partial charge in [0.05, 0.1) is 35.0 Å². The van der Waals surface area contributed by atoms with Crippen molar-refractivity contribution in [1.82, 2.24) is 9.97 Å². The summed E-state index contributed by atoms with van der Waals surface area (Å²) >= 11 is 0. The van der Waals surface area contributed by atoms with E-state index >= 15 is 0 Å². The first-order valence-electron chi connectivity index (χ1n) is 10.2.